The monoisotopic (exact) mass is 314 g/mol. The van der Waals surface area contributed by atoms with E-state index in [-0.39, 0.29) is 22.1 Å². The molecule has 0 aromatic heterocycles. The highest BCUT2D eigenvalue weighted by Crippen LogP contribution is 2.25. The van der Waals surface area contributed by atoms with Crippen molar-refractivity contribution in [3.05, 3.63) is 23.8 Å². The van der Waals surface area contributed by atoms with Crippen molar-refractivity contribution < 1.29 is 27.9 Å². The number of rotatable bonds is 4. The molecule has 0 bridgehead atoms. The zero-order valence-corrected chi connectivity index (χ0v) is 12.0. The number of amides is 1. The highest BCUT2D eigenvalue weighted by Gasteiger charge is 2.32. The van der Waals surface area contributed by atoms with Gasteiger partial charge in [0.05, 0.1) is 4.90 Å². The Morgan fingerprint density at radius 3 is 2.62 bits per heavy atom. The molecule has 1 heterocycles. The third kappa shape index (κ3) is 3.14. The van der Waals surface area contributed by atoms with E-state index in [4.69, 9.17) is 15.0 Å². The first kappa shape index (κ1) is 15.3. The van der Waals surface area contributed by atoms with Crippen LogP contribution in [0.15, 0.2) is 23.1 Å². The van der Waals surface area contributed by atoms with Gasteiger partial charge in [-0.3, -0.25) is 4.79 Å². The highest BCUT2D eigenvalue weighted by molar-refractivity contribution is 7.89. The lowest BCUT2D eigenvalue weighted by molar-refractivity contribution is -0.132. The van der Waals surface area contributed by atoms with Crippen LogP contribution in [0.3, 0.4) is 0 Å². The van der Waals surface area contributed by atoms with E-state index in [9.17, 15) is 18.0 Å². The predicted octanol–water partition coefficient (Wildman–Crippen LogP) is -0.358. The minimum Gasteiger partial charge on any atom is -0.480 e. The van der Waals surface area contributed by atoms with Gasteiger partial charge in [-0.2, -0.15) is 0 Å². The largest absolute Gasteiger partial charge is 0.480 e. The molecule has 8 nitrogen and oxygen atoms in total. The highest BCUT2D eigenvalue weighted by atomic mass is 32.2. The second-order valence-corrected chi connectivity index (χ2v) is 6.22. The van der Waals surface area contributed by atoms with Gasteiger partial charge in [0, 0.05) is 20.0 Å². The number of carboxylic acids is 1. The zero-order valence-electron chi connectivity index (χ0n) is 11.1. The summed E-state index contributed by atoms with van der Waals surface area (Å²) in [4.78, 5) is 24.1. The fourth-order valence-electron chi connectivity index (χ4n) is 2.01. The molecule has 3 N–H and O–H groups in total. The lowest BCUT2D eigenvalue weighted by Gasteiger charge is -2.15. The number of ether oxygens (including phenoxy) is 1. The van der Waals surface area contributed by atoms with E-state index >= 15 is 0 Å². The van der Waals surface area contributed by atoms with Crippen LogP contribution in [0.2, 0.25) is 0 Å². The van der Waals surface area contributed by atoms with Crippen LogP contribution in [0.5, 0.6) is 5.75 Å². The molecule has 1 aromatic carbocycles. The van der Waals surface area contributed by atoms with Gasteiger partial charge in [0.1, 0.15) is 11.3 Å². The molecule has 9 heteroatoms. The normalized spacial score (nSPS) is 18.9. The van der Waals surface area contributed by atoms with Crippen molar-refractivity contribution in [1.82, 2.24) is 4.90 Å². The van der Waals surface area contributed by atoms with Gasteiger partial charge in [-0.05, 0) is 18.2 Å². The van der Waals surface area contributed by atoms with Crippen LogP contribution in [0.25, 0.3) is 0 Å². The smallest absolute Gasteiger partial charge is 0.339 e. The summed E-state index contributed by atoms with van der Waals surface area (Å²) in [6, 6.07) is 3.24. The van der Waals surface area contributed by atoms with Gasteiger partial charge < -0.3 is 14.7 Å². The van der Waals surface area contributed by atoms with E-state index in [0.29, 0.717) is 13.0 Å². The van der Waals surface area contributed by atoms with Gasteiger partial charge in [-0.15, -0.1) is 0 Å². The summed E-state index contributed by atoms with van der Waals surface area (Å²) < 4.78 is 27.9. The van der Waals surface area contributed by atoms with Gasteiger partial charge >= 0.3 is 5.97 Å². The van der Waals surface area contributed by atoms with Crippen LogP contribution in [-0.2, 0) is 14.8 Å². The Labute approximate surface area is 121 Å². The van der Waals surface area contributed by atoms with E-state index in [1.165, 1.54) is 11.0 Å². The molecule has 1 amide bonds. The number of primary sulfonamides is 1. The van der Waals surface area contributed by atoms with Crippen molar-refractivity contribution >= 4 is 21.9 Å². The molecule has 1 aliphatic heterocycles. The van der Waals surface area contributed by atoms with Crippen molar-refractivity contribution in [1.29, 1.82) is 0 Å². The number of likely N-dealkylation sites (tertiary alicyclic amines) is 1. The number of nitrogens with two attached hydrogens (primary N) is 1. The maximum Gasteiger partial charge on any atom is 0.339 e. The first-order chi connectivity index (χ1) is 9.70. The summed E-state index contributed by atoms with van der Waals surface area (Å²) >= 11 is 0. The van der Waals surface area contributed by atoms with E-state index in [1.54, 1.807) is 7.05 Å². The molecule has 1 atom stereocenters. The van der Waals surface area contributed by atoms with Crippen LogP contribution in [0, 0.1) is 0 Å². The van der Waals surface area contributed by atoms with Gasteiger partial charge in [0.2, 0.25) is 10.0 Å². The molecular formula is C12H14N2O6S. The topological polar surface area (TPSA) is 127 Å². The molecule has 1 aromatic rings. The quantitative estimate of drug-likeness (QED) is 0.781. The van der Waals surface area contributed by atoms with E-state index in [2.05, 4.69) is 0 Å². The average Bonchev–Trinajstić information content (AvgIpc) is 2.69. The SMILES string of the molecule is CN1CCC(Oc2ccc(S(N)(=O)=O)cc2C(=O)O)C1=O. The Balaban J connectivity index is 2.36. The first-order valence-electron chi connectivity index (χ1n) is 6.02. The minimum atomic E-state index is -4.02. The number of carbonyl (C=O) groups is 2. The van der Waals surface area contributed by atoms with E-state index < -0.39 is 22.1 Å². The molecule has 0 spiro atoms. The lowest BCUT2D eigenvalue weighted by Crippen LogP contribution is -2.29. The van der Waals surface area contributed by atoms with Gasteiger partial charge in [0.25, 0.3) is 5.91 Å². The van der Waals surface area contributed by atoms with Crippen molar-refractivity contribution in [3.8, 4) is 5.75 Å². The maximum atomic E-state index is 11.8. The van der Waals surface area contributed by atoms with E-state index in [0.717, 1.165) is 12.1 Å². The number of sulfonamides is 1. The Hall–Kier alpha value is -2.13. The molecule has 0 aliphatic carbocycles. The van der Waals surface area contributed by atoms with E-state index in [1.807, 2.05) is 0 Å². The third-order valence-electron chi connectivity index (χ3n) is 3.16. The van der Waals surface area contributed by atoms with Crippen molar-refractivity contribution in [2.24, 2.45) is 5.14 Å². The average molecular weight is 314 g/mol. The Morgan fingerprint density at radius 2 is 2.14 bits per heavy atom. The van der Waals surface area contributed by atoms with Crippen molar-refractivity contribution in [3.63, 3.8) is 0 Å². The molecule has 21 heavy (non-hydrogen) atoms. The second-order valence-electron chi connectivity index (χ2n) is 4.66. The number of nitrogens with zero attached hydrogens (tertiary/aromatic N) is 1. The van der Waals surface area contributed by atoms with Crippen LogP contribution in [0.4, 0.5) is 0 Å². The summed E-state index contributed by atoms with van der Waals surface area (Å²) in [5, 5.41) is 14.1. The fraction of sp³-hybridized carbons (Fsp3) is 0.333. The summed E-state index contributed by atoms with van der Waals surface area (Å²) in [7, 11) is -2.40. The molecule has 1 saturated heterocycles. The molecule has 1 unspecified atom stereocenters. The Kier molecular flexibility index (Phi) is 3.88. The predicted molar refractivity (Wildman–Crippen MR) is 71.4 cm³/mol. The number of aromatic carboxylic acids is 1. The fourth-order valence-corrected chi connectivity index (χ4v) is 2.55. The van der Waals surface area contributed by atoms with Gasteiger partial charge in [-0.1, -0.05) is 0 Å². The summed E-state index contributed by atoms with van der Waals surface area (Å²) in [6.45, 7) is 0.515. The Morgan fingerprint density at radius 1 is 1.48 bits per heavy atom. The number of hydrogen-bond acceptors (Lipinski definition) is 5. The molecule has 0 radical (unpaired) electrons. The number of hydrogen-bond donors (Lipinski definition) is 2. The second kappa shape index (κ2) is 5.34. The van der Waals surface area contributed by atoms with Gasteiger partial charge in [-0.25, -0.2) is 18.4 Å². The van der Waals surface area contributed by atoms with Gasteiger partial charge in [0.15, 0.2) is 6.10 Å². The minimum absolute atomic E-state index is 0.0662. The molecule has 2 rings (SSSR count). The number of carbonyl (C=O) groups excluding carboxylic acids is 1. The summed E-state index contributed by atoms with van der Waals surface area (Å²) in [5.41, 5.74) is -0.358. The molecule has 114 valence electrons. The standard InChI is InChI=1S/C12H14N2O6S/c1-14-5-4-10(11(14)15)20-9-3-2-7(21(13,18)19)6-8(9)12(16)17/h2-3,6,10H,4-5H2,1H3,(H,16,17)(H2,13,18,19). The first-order valence-corrected chi connectivity index (χ1v) is 7.56. The molecule has 0 saturated carbocycles. The van der Waals surface area contributed by atoms with Crippen LogP contribution >= 0.6 is 0 Å². The molecular weight excluding hydrogens is 300 g/mol. The lowest BCUT2D eigenvalue weighted by atomic mass is 10.2. The van der Waals surface area contributed by atoms with Crippen molar-refractivity contribution in [2.75, 3.05) is 13.6 Å². The third-order valence-corrected chi connectivity index (χ3v) is 4.07. The van der Waals surface area contributed by atoms with Crippen LogP contribution < -0.4 is 9.88 Å². The maximum absolute atomic E-state index is 11.8. The van der Waals surface area contributed by atoms with Crippen molar-refractivity contribution in [2.45, 2.75) is 17.4 Å². The molecule has 1 aliphatic rings. The summed E-state index contributed by atoms with van der Waals surface area (Å²) in [5.74, 6) is -1.68. The summed E-state index contributed by atoms with van der Waals surface area (Å²) in [6.07, 6.45) is -0.334. The Bertz CT molecular complexity index is 700. The number of carboxylic acid groups (broad SMARTS) is 1. The van der Waals surface area contributed by atoms with Crippen LogP contribution in [-0.4, -0.2) is 50.0 Å². The number of benzene rings is 1. The van der Waals surface area contributed by atoms with Crippen LogP contribution in [0.1, 0.15) is 16.8 Å². The molecule has 1 fully saturated rings. The number of likely N-dealkylation sites (N-methyl/N-ethyl adjacent to an activating group) is 1. The zero-order chi connectivity index (χ0) is 15.8.